The number of esters is 1. The second-order valence-electron chi connectivity index (χ2n) is 6.25. The first kappa shape index (κ1) is 22.1. The summed E-state index contributed by atoms with van der Waals surface area (Å²) >= 11 is 0. The van der Waals surface area contributed by atoms with Gasteiger partial charge in [0, 0.05) is 13.3 Å². The Hall–Kier alpha value is -2.90. The Morgan fingerprint density at radius 3 is 2.26 bits per heavy atom. The summed E-state index contributed by atoms with van der Waals surface area (Å²) in [6.45, 7) is 4.67. The van der Waals surface area contributed by atoms with Crippen LogP contribution in [0.1, 0.15) is 32.8 Å². The van der Waals surface area contributed by atoms with E-state index in [1.165, 1.54) is 6.92 Å². The number of hydrogen-bond acceptors (Lipinski definition) is 5. The first-order valence-electron chi connectivity index (χ1n) is 8.74. The van der Waals surface area contributed by atoms with Gasteiger partial charge in [-0.2, -0.15) is 0 Å². The van der Waals surface area contributed by atoms with Crippen molar-refractivity contribution in [3.63, 3.8) is 0 Å². The fourth-order valence-corrected chi connectivity index (χ4v) is 2.61. The van der Waals surface area contributed by atoms with Gasteiger partial charge in [0.15, 0.2) is 0 Å². The molecule has 0 saturated carbocycles. The van der Waals surface area contributed by atoms with Crippen LogP contribution >= 0.6 is 0 Å². The largest absolute Gasteiger partial charge is 0.480 e. The molecule has 148 valence electrons. The van der Waals surface area contributed by atoms with Gasteiger partial charge in [-0.25, -0.2) is 4.79 Å². The van der Waals surface area contributed by atoms with Gasteiger partial charge >= 0.3 is 11.9 Å². The predicted octanol–water partition coefficient (Wildman–Crippen LogP) is 0.893. The lowest BCUT2D eigenvalue weighted by Gasteiger charge is -2.24. The number of rotatable bonds is 10. The van der Waals surface area contributed by atoms with Gasteiger partial charge in [0.05, 0.1) is 13.0 Å². The summed E-state index contributed by atoms with van der Waals surface area (Å²) in [6.07, 6.45) is 0.0689. The zero-order chi connectivity index (χ0) is 20.4. The van der Waals surface area contributed by atoms with E-state index in [0.717, 1.165) is 5.56 Å². The van der Waals surface area contributed by atoms with Crippen LogP contribution in [0, 0.1) is 5.92 Å². The summed E-state index contributed by atoms with van der Waals surface area (Å²) in [5, 5.41) is 14.4. The molecule has 1 aromatic rings. The van der Waals surface area contributed by atoms with E-state index in [4.69, 9.17) is 4.74 Å². The predicted molar refractivity (Wildman–Crippen MR) is 97.7 cm³/mol. The minimum absolute atomic E-state index is 0.144. The van der Waals surface area contributed by atoms with Gasteiger partial charge in [-0.15, -0.1) is 0 Å². The van der Waals surface area contributed by atoms with E-state index in [1.54, 1.807) is 38.1 Å². The fourth-order valence-electron chi connectivity index (χ4n) is 2.61. The molecule has 0 unspecified atom stereocenters. The van der Waals surface area contributed by atoms with Crippen molar-refractivity contribution in [3.8, 4) is 0 Å². The average molecular weight is 378 g/mol. The molecule has 0 aliphatic carbocycles. The lowest BCUT2D eigenvalue weighted by molar-refractivity contribution is -0.147. The summed E-state index contributed by atoms with van der Waals surface area (Å²) in [7, 11) is 0. The Kier molecular flexibility index (Phi) is 8.98. The van der Waals surface area contributed by atoms with Crippen molar-refractivity contribution in [1.29, 1.82) is 0 Å². The van der Waals surface area contributed by atoms with Crippen LogP contribution in [0.25, 0.3) is 0 Å². The Morgan fingerprint density at radius 1 is 1.11 bits per heavy atom. The molecule has 0 bridgehead atoms. The average Bonchev–Trinajstić information content (AvgIpc) is 2.59. The van der Waals surface area contributed by atoms with E-state index in [-0.39, 0.29) is 19.4 Å². The number of hydrogen-bond donors (Lipinski definition) is 3. The first-order valence-corrected chi connectivity index (χ1v) is 8.74. The Bertz CT molecular complexity index is 661. The maximum atomic E-state index is 12.6. The van der Waals surface area contributed by atoms with Crippen LogP contribution in [-0.2, 0) is 30.3 Å². The molecule has 2 amide bonds. The summed E-state index contributed by atoms with van der Waals surface area (Å²) in [6, 6.07) is 6.84. The number of carboxylic acid groups (broad SMARTS) is 1. The molecular formula is C19H26N2O6. The van der Waals surface area contributed by atoms with Crippen LogP contribution in [-0.4, -0.2) is 47.6 Å². The van der Waals surface area contributed by atoms with E-state index in [1.807, 2.05) is 6.07 Å². The van der Waals surface area contributed by atoms with E-state index >= 15 is 0 Å². The van der Waals surface area contributed by atoms with Crippen LogP contribution in [0.15, 0.2) is 30.3 Å². The molecule has 3 atom stereocenters. The highest BCUT2D eigenvalue weighted by molar-refractivity contribution is 5.90. The van der Waals surface area contributed by atoms with Crippen LogP contribution in [0.5, 0.6) is 0 Å². The molecule has 0 spiro atoms. The molecule has 1 rings (SSSR count). The smallest absolute Gasteiger partial charge is 0.326 e. The number of carbonyl (C=O) groups excluding carboxylic acids is 3. The van der Waals surface area contributed by atoms with Crippen molar-refractivity contribution in [3.05, 3.63) is 35.9 Å². The third kappa shape index (κ3) is 7.89. The van der Waals surface area contributed by atoms with Crippen molar-refractivity contribution in [1.82, 2.24) is 10.6 Å². The number of carboxylic acids is 1. The second kappa shape index (κ2) is 10.9. The molecule has 8 heteroatoms. The third-order valence-corrected chi connectivity index (χ3v) is 3.90. The Balaban J connectivity index is 2.86. The second-order valence-corrected chi connectivity index (χ2v) is 6.25. The molecule has 1 aromatic carbocycles. The molecule has 0 heterocycles. The van der Waals surface area contributed by atoms with Gasteiger partial charge in [-0.1, -0.05) is 37.3 Å². The molecule has 0 aliphatic rings. The topological polar surface area (TPSA) is 122 Å². The number of nitrogens with one attached hydrogen (secondary N) is 2. The molecule has 3 N–H and O–H groups in total. The van der Waals surface area contributed by atoms with Crippen molar-refractivity contribution in [2.75, 3.05) is 6.61 Å². The molecular weight excluding hydrogens is 352 g/mol. The molecule has 0 fully saturated rings. The van der Waals surface area contributed by atoms with E-state index in [2.05, 4.69) is 10.6 Å². The monoisotopic (exact) mass is 378 g/mol. The number of aliphatic carboxylic acids is 1. The van der Waals surface area contributed by atoms with Gasteiger partial charge in [0.2, 0.25) is 11.8 Å². The van der Waals surface area contributed by atoms with Gasteiger partial charge in [0.25, 0.3) is 0 Å². The zero-order valence-electron chi connectivity index (χ0n) is 15.7. The van der Waals surface area contributed by atoms with Gasteiger partial charge in [-0.05, 0) is 18.4 Å². The van der Waals surface area contributed by atoms with Crippen LogP contribution < -0.4 is 10.6 Å². The summed E-state index contributed by atoms with van der Waals surface area (Å²) in [5.41, 5.74) is 0.817. The number of ether oxygens (including phenoxy) is 1. The molecule has 27 heavy (non-hydrogen) atoms. The van der Waals surface area contributed by atoms with Gasteiger partial charge in [0.1, 0.15) is 12.1 Å². The number of benzene rings is 1. The normalized spacial score (nSPS) is 13.7. The van der Waals surface area contributed by atoms with Crippen LogP contribution in [0.4, 0.5) is 0 Å². The molecule has 8 nitrogen and oxygen atoms in total. The molecule has 0 aromatic heterocycles. The van der Waals surface area contributed by atoms with Gasteiger partial charge in [-0.3, -0.25) is 14.4 Å². The van der Waals surface area contributed by atoms with E-state index in [0.29, 0.717) is 0 Å². The summed E-state index contributed by atoms with van der Waals surface area (Å²) in [5.74, 6) is -3.51. The van der Waals surface area contributed by atoms with Crippen LogP contribution in [0.2, 0.25) is 0 Å². The summed E-state index contributed by atoms with van der Waals surface area (Å²) in [4.78, 5) is 47.2. The van der Waals surface area contributed by atoms with E-state index in [9.17, 15) is 24.3 Å². The van der Waals surface area contributed by atoms with Gasteiger partial charge < -0.3 is 20.5 Å². The number of amides is 2. The standard InChI is InChI=1S/C19H26N2O6/c1-4-27-16(23)10-12(2)17(19(25)26)21-18(24)15(20-13(3)22)11-14-8-6-5-7-9-14/h5-9,12,15,17H,4,10-11H2,1-3H3,(H,20,22)(H,21,24)(H,25,26)/t12-,15-,17+/m1/s1. The minimum atomic E-state index is -1.28. The Labute approximate surface area is 158 Å². The van der Waals surface area contributed by atoms with Crippen molar-refractivity contribution < 1.29 is 29.0 Å². The molecule has 0 aliphatic heterocycles. The summed E-state index contributed by atoms with van der Waals surface area (Å²) < 4.78 is 4.82. The first-order chi connectivity index (χ1) is 12.7. The van der Waals surface area contributed by atoms with E-state index < -0.39 is 41.8 Å². The molecule has 0 radical (unpaired) electrons. The lowest BCUT2D eigenvalue weighted by atomic mass is 9.97. The minimum Gasteiger partial charge on any atom is -0.480 e. The zero-order valence-corrected chi connectivity index (χ0v) is 15.7. The Morgan fingerprint density at radius 2 is 1.74 bits per heavy atom. The highest BCUT2D eigenvalue weighted by atomic mass is 16.5. The molecule has 0 saturated heterocycles. The van der Waals surface area contributed by atoms with Crippen molar-refractivity contribution >= 4 is 23.8 Å². The quantitative estimate of drug-likeness (QED) is 0.520. The SMILES string of the molecule is CCOC(=O)C[C@@H](C)[C@H](NC(=O)[C@@H](Cc1ccccc1)NC(C)=O)C(=O)O. The lowest BCUT2D eigenvalue weighted by Crippen LogP contribution is -2.54. The fraction of sp³-hybridized carbons (Fsp3) is 0.474. The maximum Gasteiger partial charge on any atom is 0.326 e. The third-order valence-electron chi connectivity index (χ3n) is 3.90. The highest BCUT2D eigenvalue weighted by Gasteiger charge is 2.31. The maximum absolute atomic E-state index is 12.6. The van der Waals surface area contributed by atoms with Crippen molar-refractivity contribution in [2.24, 2.45) is 5.92 Å². The van der Waals surface area contributed by atoms with Crippen molar-refractivity contribution in [2.45, 2.75) is 45.7 Å². The highest BCUT2D eigenvalue weighted by Crippen LogP contribution is 2.11. The number of carbonyl (C=O) groups is 4. The van der Waals surface area contributed by atoms with Crippen LogP contribution in [0.3, 0.4) is 0 Å².